The third-order valence-corrected chi connectivity index (χ3v) is 4.07. The van der Waals surface area contributed by atoms with E-state index in [4.69, 9.17) is 11.6 Å². The van der Waals surface area contributed by atoms with Gasteiger partial charge in [-0.25, -0.2) is 0 Å². The van der Waals surface area contributed by atoms with Crippen LogP contribution < -0.4 is 5.32 Å². The van der Waals surface area contributed by atoms with Gasteiger partial charge >= 0.3 is 0 Å². The van der Waals surface area contributed by atoms with Gasteiger partial charge in [0.05, 0.1) is 11.0 Å². The molecule has 1 unspecified atom stereocenters. The zero-order chi connectivity index (χ0) is 13.8. The van der Waals surface area contributed by atoms with Gasteiger partial charge in [-0.3, -0.25) is 10.1 Å². The molecule has 1 atom stereocenters. The fourth-order valence-electron chi connectivity index (χ4n) is 1.81. The Bertz CT molecular complexity index is 572. The van der Waals surface area contributed by atoms with Crippen LogP contribution in [-0.2, 0) is 0 Å². The van der Waals surface area contributed by atoms with Crippen LogP contribution in [0, 0.1) is 10.1 Å². The molecule has 0 bridgehead atoms. The first kappa shape index (κ1) is 13.8. The molecule has 0 aliphatic rings. The molecule has 0 aliphatic heterocycles. The summed E-state index contributed by atoms with van der Waals surface area (Å²) in [5.41, 5.74) is 0.715. The van der Waals surface area contributed by atoms with Crippen LogP contribution in [0.5, 0.6) is 0 Å². The Labute approximate surface area is 120 Å². The first-order valence-electron chi connectivity index (χ1n) is 5.85. The normalized spacial score (nSPS) is 12.1. The van der Waals surface area contributed by atoms with Crippen molar-refractivity contribution in [3.8, 4) is 0 Å². The molecular weight excluding hydrogens is 284 g/mol. The molecule has 4 nitrogen and oxygen atoms in total. The number of hydrogen-bond acceptors (Lipinski definition) is 4. The van der Waals surface area contributed by atoms with E-state index in [1.54, 1.807) is 23.5 Å². The molecular formula is C13H13ClN2O2S. The van der Waals surface area contributed by atoms with Gasteiger partial charge in [0.25, 0.3) is 5.69 Å². The lowest BCUT2D eigenvalue weighted by molar-refractivity contribution is -0.384. The molecule has 0 fully saturated rings. The monoisotopic (exact) mass is 296 g/mol. The van der Waals surface area contributed by atoms with Gasteiger partial charge in [0.15, 0.2) is 0 Å². The second kappa shape index (κ2) is 6.04. The van der Waals surface area contributed by atoms with Crippen LogP contribution in [0.25, 0.3) is 0 Å². The second-order valence-corrected chi connectivity index (χ2v) is 5.43. The predicted molar refractivity (Wildman–Crippen MR) is 79.1 cm³/mol. The number of anilines is 1. The van der Waals surface area contributed by atoms with E-state index in [1.807, 2.05) is 11.4 Å². The number of hydrogen-bond donors (Lipinski definition) is 1. The summed E-state index contributed by atoms with van der Waals surface area (Å²) in [6.07, 6.45) is 0.926. The summed E-state index contributed by atoms with van der Waals surface area (Å²) in [6, 6.07) is 8.96. The Hall–Kier alpha value is -1.59. The average Bonchev–Trinajstić information content (AvgIpc) is 2.89. The highest BCUT2D eigenvalue weighted by atomic mass is 35.5. The zero-order valence-electron chi connectivity index (χ0n) is 10.3. The number of halogens is 1. The van der Waals surface area contributed by atoms with E-state index in [1.165, 1.54) is 10.9 Å². The van der Waals surface area contributed by atoms with Gasteiger partial charge < -0.3 is 5.32 Å². The van der Waals surface area contributed by atoms with Gasteiger partial charge in [-0.2, -0.15) is 0 Å². The van der Waals surface area contributed by atoms with Gasteiger partial charge in [0.1, 0.15) is 5.02 Å². The molecule has 1 heterocycles. The van der Waals surface area contributed by atoms with Gasteiger partial charge in [-0.1, -0.05) is 24.6 Å². The van der Waals surface area contributed by atoms with E-state index in [-0.39, 0.29) is 16.8 Å². The summed E-state index contributed by atoms with van der Waals surface area (Å²) in [6.45, 7) is 2.09. The highest BCUT2D eigenvalue weighted by molar-refractivity contribution is 7.10. The Balaban J connectivity index is 2.19. The molecule has 0 saturated heterocycles. The van der Waals surface area contributed by atoms with Crippen molar-refractivity contribution in [2.75, 3.05) is 5.32 Å². The largest absolute Gasteiger partial charge is 0.377 e. The maximum Gasteiger partial charge on any atom is 0.288 e. The van der Waals surface area contributed by atoms with Crippen LogP contribution >= 0.6 is 22.9 Å². The minimum absolute atomic E-state index is 0.0728. The Morgan fingerprint density at radius 3 is 2.79 bits per heavy atom. The summed E-state index contributed by atoms with van der Waals surface area (Å²) in [4.78, 5) is 11.5. The molecule has 1 N–H and O–H groups in total. The van der Waals surface area contributed by atoms with Crippen LogP contribution in [0.15, 0.2) is 35.7 Å². The van der Waals surface area contributed by atoms with Crippen molar-refractivity contribution in [1.82, 2.24) is 0 Å². The minimum Gasteiger partial charge on any atom is -0.377 e. The second-order valence-electron chi connectivity index (χ2n) is 4.04. The number of benzene rings is 1. The number of nitro benzene ring substituents is 1. The van der Waals surface area contributed by atoms with Gasteiger partial charge in [0.2, 0.25) is 0 Å². The molecule has 0 radical (unpaired) electrons. The fourth-order valence-corrected chi connectivity index (χ4v) is 2.92. The summed E-state index contributed by atoms with van der Waals surface area (Å²) in [5.74, 6) is 0. The van der Waals surface area contributed by atoms with Crippen molar-refractivity contribution in [2.24, 2.45) is 0 Å². The van der Waals surface area contributed by atoms with E-state index in [0.717, 1.165) is 12.1 Å². The smallest absolute Gasteiger partial charge is 0.288 e. The van der Waals surface area contributed by atoms with Crippen molar-refractivity contribution in [2.45, 2.75) is 19.4 Å². The summed E-state index contributed by atoms with van der Waals surface area (Å²) in [7, 11) is 0. The third kappa shape index (κ3) is 3.24. The molecule has 0 amide bonds. The maximum atomic E-state index is 10.7. The Morgan fingerprint density at radius 1 is 1.47 bits per heavy atom. The van der Waals surface area contributed by atoms with Gasteiger partial charge in [0, 0.05) is 16.6 Å². The van der Waals surface area contributed by atoms with Crippen LogP contribution in [0.3, 0.4) is 0 Å². The molecule has 19 heavy (non-hydrogen) atoms. The minimum atomic E-state index is -0.483. The molecule has 0 saturated carbocycles. The van der Waals surface area contributed by atoms with Crippen LogP contribution in [0.4, 0.5) is 11.4 Å². The van der Waals surface area contributed by atoms with E-state index in [9.17, 15) is 10.1 Å². The number of nitro groups is 1. The van der Waals surface area contributed by atoms with Crippen LogP contribution in [0.1, 0.15) is 24.3 Å². The first-order valence-corrected chi connectivity index (χ1v) is 7.11. The van der Waals surface area contributed by atoms with E-state index < -0.39 is 4.92 Å². The molecule has 100 valence electrons. The first-order chi connectivity index (χ1) is 9.11. The Morgan fingerprint density at radius 2 is 2.26 bits per heavy atom. The lowest BCUT2D eigenvalue weighted by Gasteiger charge is -2.17. The van der Waals surface area contributed by atoms with Crippen LogP contribution in [0.2, 0.25) is 5.02 Å². The van der Waals surface area contributed by atoms with Gasteiger partial charge in [-0.15, -0.1) is 11.3 Å². The Kier molecular flexibility index (Phi) is 4.39. The topological polar surface area (TPSA) is 55.2 Å². The molecule has 0 spiro atoms. The average molecular weight is 297 g/mol. The molecule has 1 aromatic heterocycles. The molecule has 2 aromatic rings. The number of nitrogens with zero attached hydrogens (tertiary/aromatic N) is 1. The molecule has 2 rings (SSSR count). The van der Waals surface area contributed by atoms with Crippen molar-refractivity contribution >= 4 is 34.3 Å². The molecule has 6 heteroatoms. The van der Waals surface area contributed by atoms with E-state index >= 15 is 0 Å². The summed E-state index contributed by atoms with van der Waals surface area (Å²) in [5, 5.41) is 16.2. The summed E-state index contributed by atoms with van der Waals surface area (Å²) >= 11 is 7.58. The van der Waals surface area contributed by atoms with E-state index in [0.29, 0.717) is 0 Å². The third-order valence-electron chi connectivity index (χ3n) is 2.78. The van der Waals surface area contributed by atoms with Crippen molar-refractivity contribution in [1.29, 1.82) is 0 Å². The lowest BCUT2D eigenvalue weighted by Crippen LogP contribution is -2.08. The maximum absolute atomic E-state index is 10.7. The van der Waals surface area contributed by atoms with Crippen molar-refractivity contribution in [3.63, 3.8) is 0 Å². The highest BCUT2D eigenvalue weighted by Gasteiger charge is 2.14. The van der Waals surface area contributed by atoms with Crippen molar-refractivity contribution < 1.29 is 4.92 Å². The highest BCUT2D eigenvalue weighted by Crippen LogP contribution is 2.31. The number of rotatable bonds is 5. The van der Waals surface area contributed by atoms with Gasteiger partial charge in [-0.05, 0) is 30.0 Å². The van der Waals surface area contributed by atoms with Crippen LogP contribution in [-0.4, -0.2) is 4.92 Å². The summed E-state index contributed by atoms with van der Waals surface area (Å²) < 4.78 is 0. The molecule has 1 aromatic carbocycles. The zero-order valence-corrected chi connectivity index (χ0v) is 11.9. The lowest BCUT2D eigenvalue weighted by atomic mass is 10.1. The number of nitrogens with one attached hydrogen (secondary N) is 1. The van der Waals surface area contributed by atoms with Crippen molar-refractivity contribution in [3.05, 3.63) is 55.7 Å². The number of thiophene rings is 1. The standard InChI is InChI=1S/C13H13ClN2O2S/c1-2-11(13-4-3-7-19-13)15-9-5-6-12(16(17)18)10(14)8-9/h3-8,11,15H,2H2,1H3. The fraction of sp³-hybridized carbons (Fsp3) is 0.231. The molecule has 0 aliphatic carbocycles. The quantitative estimate of drug-likeness (QED) is 0.632. The predicted octanol–water partition coefficient (Wildman–Crippen LogP) is 4.87. The SMILES string of the molecule is CCC(Nc1ccc([N+](=O)[O-])c(Cl)c1)c1cccs1. The van der Waals surface area contributed by atoms with E-state index in [2.05, 4.69) is 18.3 Å².